The minimum absolute atomic E-state index is 0.214. The molecular formula is C15H17ClN4OS. The predicted molar refractivity (Wildman–Crippen MR) is 91.2 cm³/mol. The lowest BCUT2D eigenvalue weighted by atomic mass is 10.1. The van der Waals surface area contributed by atoms with E-state index in [1.54, 1.807) is 24.0 Å². The van der Waals surface area contributed by atoms with Crippen molar-refractivity contribution in [1.29, 1.82) is 0 Å². The van der Waals surface area contributed by atoms with Gasteiger partial charge in [-0.25, -0.2) is 4.98 Å². The number of rotatable bonds is 5. The first-order valence-corrected chi connectivity index (χ1v) is 8.30. The summed E-state index contributed by atoms with van der Waals surface area (Å²) in [5.41, 5.74) is 7.41. The Balaban J connectivity index is 2.56. The van der Waals surface area contributed by atoms with Gasteiger partial charge in [0.05, 0.1) is 16.9 Å². The third-order valence-electron chi connectivity index (χ3n) is 3.08. The standard InChI is InChI=1S/C15H17ClN4OS/c1-8(2)12-13(10(22-3)6-7-18-12)20-15-9(14(17)21)4-5-11(16)19-15/h4-8H,1-3H3,(H2,17,21)(H,19,20). The van der Waals surface area contributed by atoms with Gasteiger partial charge in [-0.15, -0.1) is 11.8 Å². The molecule has 0 fully saturated rings. The fourth-order valence-corrected chi connectivity index (χ4v) is 2.74. The molecule has 0 atom stereocenters. The maximum absolute atomic E-state index is 11.6. The highest BCUT2D eigenvalue weighted by molar-refractivity contribution is 7.98. The molecule has 0 aliphatic heterocycles. The highest BCUT2D eigenvalue weighted by atomic mass is 35.5. The van der Waals surface area contributed by atoms with Gasteiger partial charge in [0.15, 0.2) is 0 Å². The molecule has 116 valence electrons. The first-order valence-electron chi connectivity index (χ1n) is 6.70. The fourth-order valence-electron chi connectivity index (χ4n) is 2.04. The van der Waals surface area contributed by atoms with Crippen LogP contribution in [-0.4, -0.2) is 22.1 Å². The zero-order chi connectivity index (χ0) is 16.3. The lowest BCUT2D eigenvalue weighted by Gasteiger charge is -2.17. The fraction of sp³-hybridized carbons (Fsp3) is 0.267. The average molecular weight is 337 g/mol. The van der Waals surface area contributed by atoms with Gasteiger partial charge in [-0.1, -0.05) is 25.4 Å². The van der Waals surface area contributed by atoms with Crippen LogP contribution < -0.4 is 11.1 Å². The summed E-state index contributed by atoms with van der Waals surface area (Å²) in [5, 5.41) is 3.47. The number of halogens is 1. The number of anilines is 2. The number of thioether (sulfide) groups is 1. The Bertz CT molecular complexity index is 706. The summed E-state index contributed by atoms with van der Waals surface area (Å²) in [4.78, 5) is 21.2. The Morgan fingerprint density at radius 3 is 2.68 bits per heavy atom. The number of aromatic nitrogens is 2. The van der Waals surface area contributed by atoms with Crippen molar-refractivity contribution < 1.29 is 4.79 Å². The van der Waals surface area contributed by atoms with Gasteiger partial charge in [-0.3, -0.25) is 9.78 Å². The van der Waals surface area contributed by atoms with Crippen molar-refractivity contribution in [2.45, 2.75) is 24.7 Å². The van der Waals surface area contributed by atoms with Crippen LogP contribution in [0.15, 0.2) is 29.3 Å². The van der Waals surface area contributed by atoms with Crippen molar-refractivity contribution in [2.75, 3.05) is 11.6 Å². The van der Waals surface area contributed by atoms with E-state index in [0.29, 0.717) is 5.82 Å². The topological polar surface area (TPSA) is 80.9 Å². The van der Waals surface area contributed by atoms with E-state index in [2.05, 4.69) is 29.1 Å². The van der Waals surface area contributed by atoms with Gasteiger partial charge < -0.3 is 11.1 Å². The number of nitrogens with zero attached hydrogens (tertiary/aromatic N) is 2. The molecule has 0 spiro atoms. The van der Waals surface area contributed by atoms with E-state index in [4.69, 9.17) is 17.3 Å². The van der Waals surface area contributed by atoms with Crippen molar-refractivity contribution in [3.05, 3.63) is 40.8 Å². The van der Waals surface area contributed by atoms with Crippen LogP contribution in [0.1, 0.15) is 35.8 Å². The molecule has 3 N–H and O–H groups in total. The first kappa shape index (κ1) is 16.6. The van der Waals surface area contributed by atoms with Gasteiger partial charge in [-0.05, 0) is 30.4 Å². The number of hydrogen-bond acceptors (Lipinski definition) is 5. The van der Waals surface area contributed by atoms with Crippen molar-refractivity contribution in [2.24, 2.45) is 5.73 Å². The van der Waals surface area contributed by atoms with Crippen molar-refractivity contribution in [3.63, 3.8) is 0 Å². The van der Waals surface area contributed by atoms with E-state index in [9.17, 15) is 4.79 Å². The molecule has 0 saturated heterocycles. The normalized spacial score (nSPS) is 10.8. The van der Waals surface area contributed by atoms with E-state index >= 15 is 0 Å². The van der Waals surface area contributed by atoms with Crippen LogP contribution in [0.5, 0.6) is 0 Å². The number of primary amides is 1. The molecule has 2 heterocycles. The lowest BCUT2D eigenvalue weighted by molar-refractivity contribution is 0.100. The molecule has 0 saturated carbocycles. The Labute approximate surface area is 138 Å². The smallest absolute Gasteiger partial charge is 0.252 e. The van der Waals surface area contributed by atoms with Gasteiger partial charge in [0.2, 0.25) is 0 Å². The number of carbonyl (C=O) groups is 1. The highest BCUT2D eigenvalue weighted by Crippen LogP contribution is 2.34. The van der Waals surface area contributed by atoms with Crippen LogP contribution >= 0.6 is 23.4 Å². The van der Waals surface area contributed by atoms with E-state index in [1.807, 2.05) is 12.3 Å². The van der Waals surface area contributed by atoms with E-state index < -0.39 is 5.91 Å². The van der Waals surface area contributed by atoms with Crippen LogP contribution in [0.4, 0.5) is 11.5 Å². The van der Waals surface area contributed by atoms with Crippen LogP contribution in [0, 0.1) is 0 Å². The Hall–Kier alpha value is -1.79. The molecule has 22 heavy (non-hydrogen) atoms. The third kappa shape index (κ3) is 3.51. The average Bonchev–Trinajstić information content (AvgIpc) is 2.46. The quantitative estimate of drug-likeness (QED) is 0.640. The second-order valence-corrected chi connectivity index (χ2v) is 6.18. The molecule has 0 bridgehead atoms. The maximum atomic E-state index is 11.6. The second-order valence-electron chi connectivity index (χ2n) is 4.95. The Morgan fingerprint density at radius 1 is 1.36 bits per heavy atom. The number of nitrogens with two attached hydrogens (primary N) is 1. The van der Waals surface area contributed by atoms with Gasteiger partial charge in [0.25, 0.3) is 5.91 Å². The van der Waals surface area contributed by atoms with Crippen LogP contribution in [0.2, 0.25) is 5.15 Å². The van der Waals surface area contributed by atoms with E-state index in [-0.39, 0.29) is 16.6 Å². The summed E-state index contributed by atoms with van der Waals surface area (Å²) in [5.74, 6) is -0.0108. The highest BCUT2D eigenvalue weighted by Gasteiger charge is 2.17. The van der Waals surface area contributed by atoms with Gasteiger partial charge in [0.1, 0.15) is 11.0 Å². The van der Waals surface area contributed by atoms with Crippen LogP contribution in [0.25, 0.3) is 0 Å². The monoisotopic (exact) mass is 336 g/mol. The molecule has 2 aromatic rings. The Morgan fingerprint density at radius 2 is 2.09 bits per heavy atom. The molecule has 0 aliphatic rings. The number of carbonyl (C=O) groups excluding carboxylic acids is 1. The van der Waals surface area contributed by atoms with Crippen LogP contribution in [-0.2, 0) is 0 Å². The molecule has 0 radical (unpaired) electrons. The van der Waals surface area contributed by atoms with E-state index in [0.717, 1.165) is 16.3 Å². The van der Waals surface area contributed by atoms with Gasteiger partial charge >= 0.3 is 0 Å². The maximum Gasteiger partial charge on any atom is 0.252 e. The molecule has 2 rings (SSSR count). The number of nitrogens with one attached hydrogen (secondary N) is 1. The molecule has 0 aliphatic carbocycles. The summed E-state index contributed by atoms with van der Waals surface area (Å²) in [6, 6.07) is 5.01. The van der Waals surface area contributed by atoms with Gasteiger partial charge in [0, 0.05) is 11.1 Å². The molecule has 5 nitrogen and oxygen atoms in total. The third-order valence-corrected chi connectivity index (χ3v) is 4.07. The molecule has 7 heteroatoms. The van der Waals surface area contributed by atoms with Crippen LogP contribution in [0.3, 0.4) is 0 Å². The summed E-state index contributed by atoms with van der Waals surface area (Å²) < 4.78 is 0. The number of pyridine rings is 2. The summed E-state index contributed by atoms with van der Waals surface area (Å²) in [6.07, 6.45) is 3.75. The zero-order valence-electron chi connectivity index (χ0n) is 12.6. The van der Waals surface area contributed by atoms with Gasteiger partial charge in [-0.2, -0.15) is 0 Å². The van der Waals surface area contributed by atoms with Crippen molar-refractivity contribution in [1.82, 2.24) is 9.97 Å². The first-order chi connectivity index (χ1) is 10.4. The number of amides is 1. The lowest BCUT2D eigenvalue weighted by Crippen LogP contribution is -2.15. The summed E-state index contributed by atoms with van der Waals surface area (Å²) >= 11 is 7.52. The largest absolute Gasteiger partial charge is 0.365 e. The minimum Gasteiger partial charge on any atom is -0.365 e. The van der Waals surface area contributed by atoms with E-state index in [1.165, 1.54) is 6.07 Å². The molecular weight excluding hydrogens is 320 g/mol. The molecule has 1 amide bonds. The summed E-state index contributed by atoms with van der Waals surface area (Å²) in [6.45, 7) is 4.11. The number of hydrogen-bond donors (Lipinski definition) is 2. The molecule has 0 aromatic carbocycles. The molecule has 2 aromatic heterocycles. The SMILES string of the molecule is CSc1ccnc(C(C)C)c1Nc1nc(Cl)ccc1C(N)=O. The second kappa shape index (κ2) is 6.98. The Kier molecular flexibility index (Phi) is 5.26. The van der Waals surface area contributed by atoms with Crippen molar-refractivity contribution >= 4 is 40.8 Å². The molecule has 0 unspecified atom stereocenters. The zero-order valence-corrected chi connectivity index (χ0v) is 14.1. The van der Waals surface area contributed by atoms with Crippen molar-refractivity contribution in [3.8, 4) is 0 Å². The summed E-state index contributed by atoms with van der Waals surface area (Å²) in [7, 11) is 0. The minimum atomic E-state index is -0.563. The predicted octanol–water partition coefficient (Wildman–Crippen LogP) is 3.82.